The molecule has 0 saturated carbocycles. The molecule has 7 nitrogen and oxygen atoms in total. The number of ether oxygens (including phenoxy) is 2. The lowest BCUT2D eigenvalue weighted by Crippen LogP contribution is -2.47. The summed E-state index contributed by atoms with van der Waals surface area (Å²) in [5.74, 6) is 1.23. The minimum atomic E-state index is -0.394. The van der Waals surface area contributed by atoms with Crippen LogP contribution in [0.2, 0.25) is 0 Å². The van der Waals surface area contributed by atoms with Gasteiger partial charge in [-0.05, 0) is 57.9 Å². The number of fused-ring (bicyclic) bond motifs is 1. The van der Waals surface area contributed by atoms with Crippen LogP contribution in [0, 0.1) is 11.3 Å². The van der Waals surface area contributed by atoms with Gasteiger partial charge < -0.3 is 19.5 Å². The van der Waals surface area contributed by atoms with Gasteiger partial charge >= 0.3 is 0 Å². The van der Waals surface area contributed by atoms with Gasteiger partial charge in [-0.15, -0.1) is 0 Å². The van der Waals surface area contributed by atoms with E-state index >= 15 is 0 Å². The first-order chi connectivity index (χ1) is 15.0. The third-order valence-electron chi connectivity index (χ3n) is 5.40. The van der Waals surface area contributed by atoms with E-state index in [2.05, 4.69) is 26.9 Å². The molecule has 160 valence electrons. The lowest BCUT2D eigenvalue weighted by Gasteiger charge is -2.42. The number of allylic oxidation sites excluding steroid dienone is 1. The Labute approximate surface area is 193 Å². The van der Waals surface area contributed by atoms with Gasteiger partial charge in [0.2, 0.25) is 5.91 Å². The number of hydrogen-bond acceptors (Lipinski definition) is 7. The number of hydrogen-bond donors (Lipinski definition) is 1. The molecule has 1 fully saturated rings. The summed E-state index contributed by atoms with van der Waals surface area (Å²) in [4.78, 5) is 16.9. The van der Waals surface area contributed by atoms with Gasteiger partial charge in [0.15, 0.2) is 11.5 Å². The van der Waals surface area contributed by atoms with E-state index in [0.717, 1.165) is 17.0 Å². The Balaban J connectivity index is 1.66. The van der Waals surface area contributed by atoms with Crippen molar-refractivity contribution in [2.45, 2.75) is 12.3 Å². The van der Waals surface area contributed by atoms with Crippen LogP contribution in [0.4, 0.5) is 5.69 Å². The van der Waals surface area contributed by atoms with Gasteiger partial charge in [0.1, 0.15) is 5.75 Å². The second kappa shape index (κ2) is 8.73. The number of benzene rings is 2. The second-order valence-electron chi connectivity index (χ2n) is 7.12. The van der Waals surface area contributed by atoms with Crippen molar-refractivity contribution in [2.75, 3.05) is 31.7 Å². The molecule has 1 atom stereocenters. The summed E-state index contributed by atoms with van der Waals surface area (Å²) in [5.41, 5.74) is 2.28. The number of carbonyl (C=O) groups excluding carboxylic acids is 1. The van der Waals surface area contributed by atoms with Gasteiger partial charge in [-0.1, -0.05) is 11.8 Å². The maximum atomic E-state index is 13.1. The maximum absolute atomic E-state index is 13.1. The quantitative estimate of drug-likeness (QED) is 0.664. The lowest BCUT2D eigenvalue weighted by molar-refractivity contribution is -0.129. The molecule has 2 heterocycles. The average Bonchev–Trinajstić information content (AvgIpc) is 2.80. The fourth-order valence-corrected chi connectivity index (χ4v) is 5.38. The molecule has 0 radical (unpaired) electrons. The van der Waals surface area contributed by atoms with Gasteiger partial charge in [0.05, 0.1) is 47.9 Å². The van der Waals surface area contributed by atoms with Crippen LogP contribution in [-0.4, -0.2) is 42.7 Å². The van der Waals surface area contributed by atoms with E-state index in [9.17, 15) is 15.2 Å². The van der Waals surface area contributed by atoms with Crippen LogP contribution >= 0.6 is 27.7 Å². The normalized spacial score (nSPS) is 18.5. The van der Waals surface area contributed by atoms with E-state index in [1.54, 1.807) is 24.1 Å². The first kappa shape index (κ1) is 21.4. The monoisotopic (exact) mass is 501 g/mol. The molecule has 2 aromatic rings. The second-order valence-corrected chi connectivity index (χ2v) is 8.90. The van der Waals surface area contributed by atoms with Crippen molar-refractivity contribution < 1.29 is 19.4 Å². The summed E-state index contributed by atoms with van der Waals surface area (Å²) in [7, 11) is 3.09. The minimum Gasteiger partial charge on any atom is -0.503 e. The van der Waals surface area contributed by atoms with Crippen molar-refractivity contribution in [2.24, 2.45) is 0 Å². The summed E-state index contributed by atoms with van der Waals surface area (Å²) < 4.78 is 10.9. The summed E-state index contributed by atoms with van der Waals surface area (Å²) >= 11 is 4.81. The van der Waals surface area contributed by atoms with Crippen LogP contribution in [0.25, 0.3) is 0 Å². The Morgan fingerprint density at radius 2 is 1.97 bits per heavy atom. The number of halogens is 1. The minimum absolute atomic E-state index is 0.0108. The number of carbonyl (C=O) groups is 1. The highest BCUT2D eigenvalue weighted by atomic mass is 79.9. The van der Waals surface area contributed by atoms with Crippen molar-refractivity contribution in [3.8, 4) is 23.3 Å². The zero-order valence-electron chi connectivity index (χ0n) is 17.0. The summed E-state index contributed by atoms with van der Waals surface area (Å²) in [5, 5.41) is 20.8. The Kier molecular flexibility index (Phi) is 6.03. The lowest BCUT2D eigenvalue weighted by atomic mass is 9.86. The Bertz CT molecular complexity index is 1100. The van der Waals surface area contributed by atoms with E-state index < -0.39 is 5.92 Å². The molecule has 2 aliphatic heterocycles. The van der Waals surface area contributed by atoms with Crippen LogP contribution < -0.4 is 14.4 Å². The molecular formula is C22H20BrN3O4S. The molecule has 2 aromatic carbocycles. The first-order valence-electron chi connectivity index (χ1n) is 9.49. The van der Waals surface area contributed by atoms with Crippen molar-refractivity contribution in [1.82, 2.24) is 4.90 Å². The highest BCUT2D eigenvalue weighted by Crippen LogP contribution is 2.46. The summed E-state index contributed by atoms with van der Waals surface area (Å²) in [6.45, 7) is 0.383. The van der Waals surface area contributed by atoms with Gasteiger partial charge in [0, 0.05) is 18.0 Å². The van der Waals surface area contributed by atoms with Crippen LogP contribution in [0.15, 0.2) is 51.5 Å². The molecule has 1 amide bonds. The van der Waals surface area contributed by atoms with Crippen LogP contribution in [0.3, 0.4) is 0 Å². The molecule has 4 rings (SSSR count). The highest BCUT2D eigenvalue weighted by Gasteiger charge is 2.38. The Morgan fingerprint density at radius 3 is 2.61 bits per heavy atom. The number of amides is 1. The molecule has 0 bridgehead atoms. The molecule has 9 heteroatoms. The van der Waals surface area contributed by atoms with Crippen LogP contribution in [0.1, 0.15) is 17.9 Å². The Hall–Kier alpha value is -2.83. The fraction of sp³-hybridized carbons (Fsp3) is 0.273. The largest absolute Gasteiger partial charge is 0.503 e. The molecule has 1 N–H and O–H groups in total. The van der Waals surface area contributed by atoms with Crippen molar-refractivity contribution in [3.63, 3.8) is 0 Å². The smallest absolute Gasteiger partial charge is 0.229 e. The van der Waals surface area contributed by atoms with E-state index in [1.807, 2.05) is 24.3 Å². The topological polar surface area (TPSA) is 86.0 Å². The van der Waals surface area contributed by atoms with Gasteiger partial charge in [0.25, 0.3) is 0 Å². The van der Waals surface area contributed by atoms with Crippen LogP contribution in [-0.2, 0) is 4.79 Å². The molecule has 0 aliphatic carbocycles. The van der Waals surface area contributed by atoms with Gasteiger partial charge in [-0.3, -0.25) is 9.69 Å². The molecule has 0 spiro atoms. The molecule has 31 heavy (non-hydrogen) atoms. The zero-order valence-corrected chi connectivity index (χ0v) is 19.4. The number of aromatic hydroxyl groups is 1. The fourth-order valence-electron chi connectivity index (χ4n) is 3.75. The third-order valence-corrected chi connectivity index (χ3v) is 7.16. The predicted octanol–water partition coefficient (Wildman–Crippen LogP) is 4.39. The van der Waals surface area contributed by atoms with Crippen molar-refractivity contribution in [3.05, 3.63) is 57.0 Å². The SMILES string of the molecule is COc1ccc(N2CSC3=C(C#N)[C@H](c4cc(Br)c(O)c(OC)c4)CC(=O)N3C2)cc1. The third kappa shape index (κ3) is 3.93. The number of nitriles is 1. The standard InChI is InChI=1S/C22H20BrN3O4S/c1-29-15-5-3-14(4-6-15)25-11-26-20(27)9-16(17(10-24)22(26)31-12-25)13-7-18(23)21(28)19(8-13)30-2/h3-8,16,28H,9,11-12H2,1-2H3/t16-/m0/s1. The number of anilines is 1. The first-order valence-corrected chi connectivity index (χ1v) is 11.3. The Morgan fingerprint density at radius 1 is 1.23 bits per heavy atom. The number of phenolic OH excluding ortho intramolecular Hbond substituents is 1. The van der Waals surface area contributed by atoms with E-state index in [-0.39, 0.29) is 18.1 Å². The number of nitrogens with zero attached hydrogens (tertiary/aromatic N) is 3. The van der Waals surface area contributed by atoms with E-state index in [0.29, 0.717) is 33.4 Å². The van der Waals surface area contributed by atoms with Crippen molar-refractivity contribution in [1.29, 1.82) is 5.26 Å². The number of phenols is 1. The molecule has 0 unspecified atom stereocenters. The molecule has 2 aliphatic rings. The van der Waals surface area contributed by atoms with E-state index in [4.69, 9.17) is 9.47 Å². The van der Waals surface area contributed by atoms with Gasteiger partial charge in [-0.2, -0.15) is 5.26 Å². The summed E-state index contributed by atoms with van der Waals surface area (Å²) in [6.07, 6.45) is 0.170. The predicted molar refractivity (Wildman–Crippen MR) is 122 cm³/mol. The number of thioether (sulfide) groups is 1. The van der Waals surface area contributed by atoms with Gasteiger partial charge in [-0.25, -0.2) is 0 Å². The summed E-state index contributed by atoms with van der Waals surface area (Å²) in [6, 6.07) is 13.4. The molecule has 1 saturated heterocycles. The average molecular weight is 502 g/mol. The zero-order chi connectivity index (χ0) is 22.1. The maximum Gasteiger partial charge on any atom is 0.229 e. The van der Waals surface area contributed by atoms with Crippen molar-refractivity contribution >= 4 is 39.3 Å². The van der Waals surface area contributed by atoms with Crippen LogP contribution in [0.5, 0.6) is 17.2 Å². The highest BCUT2D eigenvalue weighted by molar-refractivity contribution is 9.10. The number of rotatable bonds is 4. The molecular weight excluding hydrogens is 482 g/mol. The number of methoxy groups -OCH3 is 2. The molecule has 0 aromatic heterocycles. The van der Waals surface area contributed by atoms with E-state index in [1.165, 1.54) is 18.9 Å².